The highest BCUT2D eigenvalue weighted by atomic mass is 79.9. The molecule has 98 valence electrons. The molecule has 0 aromatic heterocycles. The molecule has 18 heavy (non-hydrogen) atoms. The summed E-state index contributed by atoms with van der Waals surface area (Å²) in [6, 6.07) is 6.58. The third-order valence-corrected chi connectivity index (χ3v) is 5.05. The van der Waals surface area contributed by atoms with E-state index in [1.165, 1.54) is 10.4 Å². The summed E-state index contributed by atoms with van der Waals surface area (Å²) in [4.78, 5) is 0.232. The van der Waals surface area contributed by atoms with Gasteiger partial charge in [0.15, 0.2) is 0 Å². The highest BCUT2D eigenvalue weighted by Gasteiger charge is 2.20. The van der Waals surface area contributed by atoms with Crippen molar-refractivity contribution in [3.05, 3.63) is 29.3 Å². The number of nitriles is 1. The predicted octanol–water partition coefficient (Wildman–Crippen LogP) is 2.27. The molecule has 0 aliphatic carbocycles. The molecule has 0 radical (unpaired) electrons. The molecular weight excluding hydrogens is 316 g/mol. The molecule has 0 saturated heterocycles. The number of rotatable bonds is 5. The molecule has 1 rings (SSSR count). The summed E-state index contributed by atoms with van der Waals surface area (Å²) in [5.74, 6) is 0. The summed E-state index contributed by atoms with van der Waals surface area (Å²) in [6.07, 6.45) is 0.755. The minimum Gasteiger partial charge on any atom is -0.207 e. The molecule has 0 fully saturated rings. The molecule has 0 heterocycles. The maximum absolute atomic E-state index is 12.2. The van der Waals surface area contributed by atoms with Crippen LogP contribution in [0.4, 0.5) is 0 Å². The zero-order valence-electron chi connectivity index (χ0n) is 10.4. The van der Waals surface area contributed by atoms with Crippen LogP contribution in [0.2, 0.25) is 0 Å². The summed E-state index contributed by atoms with van der Waals surface area (Å²) in [5.41, 5.74) is 1.17. The Hall–Kier alpha value is -0.900. The Kier molecular flexibility index (Phi) is 5.32. The number of alkyl halides is 1. The summed E-state index contributed by atoms with van der Waals surface area (Å²) in [7, 11) is -1.89. The number of hydrogen-bond donors (Lipinski definition) is 0. The fourth-order valence-corrected chi connectivity index (χ4v) is 3.05. The molecule has 0 saturated carbocycles. The van der Waals surface area contributed by atoms with Crippen molar-refractivity contribution in [1.82, 2.24) is 4.31 Å². The van der Waals surface area contributed by atoms with Crippen LogP contribution in [0.3, 0.4) is 0 Å². The molecule has 0 spiro atoms. The van der Waals surface area contributed by atoms with Crippen molar-refractivity contribution >= 4 is 26.0 Å². The Bertz CT molecular complexity index is 564. The SMILES string of the molecule is Cc1cc(S(=O)(=O)N(C)CCCBr)ccc1C#N. The van der Waals surface area contributed by atoms with Crippen LogP contribution in [-0.2, 0) is 10.0 Å². The molecule has 1 aromatic rings. The number of sulfonamides is 1. The molecular formula is C12H15BrN2O2S. The largest absolute Gasteiger partial charge is 0.242 e. The van der Waals surface area contributed by atoms with E-state index in [0.29, 0.717) is 17.7 Å². The zero-order valence-corrected chi connectivity index (χ0v) is 12.8. The normalized spacial score (nSPS) is 11.5. The van der Waals surface area contributed by atoms with E-state index in [9.17, 15) is 8.42 Å². The van der Waals surface area contributed by atoms with Gasteiger partial charge in [-0.1, -0.05) is 15.9 Å². The van der Waals surface area contributed by atoms with E-state index in [2.05, 4.69) is 15.9 Å². The first-order chi connectivity index (χ1) is 8.43. The van der Waals surface area contributed by atoms with Crippen LogP contribution >= 0.6 is 15.9 Å². The third-order valence-electron chi connectivity index (χ3n) is 2.63. The lowest BCUT2D eigenvalue weighted by Crippen LogP contribution is -2.28. The fourth-order valence-electron chi connectivity index (χ4n) is 1.50. The number of nitrogens with zero attached hydrogens (tertiary/aromatic N) is 2. The molecule has 4 nitrogen and oxygen atoms in total. The van der Waals surface area contributed by atoms with E-state index in [1.54, 1.807) is 26.1 Å². The average molecular weight is 331 g/mol. The molecule has 0 N–H and O–H groups in total. The molecule has 6 heteroatoms. The first-order valence-corrected chi connectivity index (χ1v) is 8.02. The molecule has 0 atom stereocenters. The van der Waals surface area contributed by atoms with Gasteiger partial charge in [0.25, 0.3) is 0 Å². The number of halogens is 1. The molecule has 0 unspecified atom stereocenters. The molecule has 0 bridgehead atoms. The van der Waals surface area contributed by atoms with Crippen molar-refractivity contribution in [3.8, 4) is 6.07 Å². The Labute approximate surface area is 116 Å². The van der Waals surface area contributed by atoms with Crippen molar-refractivity contribution in [3.63, 3.8) is 0 Å². The van der Waals surface area contributed by atoms with Gasteiger partial charge in [-0.3, -0.25) is 0 Å². The van der Waals surface area contributed by atoms with Crippen LogP contribution < -0.4 is 0 Å². The van der Waals surface area contributed by atoms with E-state index >= 15 is 0 Å². The third kappa shape index (κ3) is 3.31. The van der Waals surface area contributed by atoms with Crippen molar-refractivity contribution in [2.75, 3.05) is 18.9 Å². The van der Waals surface area contributed by atoms with Crippen molar-refractivity contribution < 1.29 is 8.42 Å². The lowest BCUT2D eigenvalue weighted by atomic mass is 10.1. The Morgan fingerprint density at radius 3 is 2.61 bits per heavy atom. The van der Waals surface area contributed by atoms with E-state index in [-0.39, 0.29) is 4.90 Å². The van der Waals surface area contributed by atoms with Crippen molar-refractivity contribution in [1.29, 1.82) is 5.26 Å². The highest BCUT2D eigenvalue weighted by Crippen LogP contribution is 2.18. The van der Waals surface area contributed by atoms with E-state index in [0.717, 1.165) is 11.8 Å². The van der Waals surface area contributed by atoms with Crippen molar-refractivity contribution in [2.45, 2.75) is 18.2 Å². The smallest absolute Gasteiger partial charge is 0.207 e. The Morgan fingerprint density at radius 1 is 1.44 bits per heavy atom. The Morgan fingerprint density at radius 2 is 2.11 bits per heavy atom. The van der Waals surface area contributed by atoms with Gasteiger partial charge in [0.05, 0.1) is 16.5 Å². The topological polar surface area (TPSA) is 61.2 Å². The zero-order chi connectivity index (χ0) is 13.8. The predicted molar refractivity (Wildman–Crippen MR) is 74.1 cm³/mol. The van der Waals surface area contributed by atoms with Gasteiger partial charge in [0.2, 0.25) is 10.0 Å². The first kappa shape index (κ1) is 15.2. The summed E-state index contributed by atoms with van der Waals surface area (Å²) in [6.45, 7) is 2.20. The second-order valence-electron chi connectivity index (χ2n) is 3.96. The summed E-state index contributed by atoms with van der Waals surface area (Å²) >= 11 is 3.27. The second-order valence-corrected chi connectivity index (χ2v) is 6.80. The summed E-state index contributed by atoms with van der Waals surface area (Å²) < 4.78 is 25.8. The van der Waals surface area contributed by atoms with Gasteiger partial charge in [0.1, 0.15) is 0 Å². The lowest BCUT2D eigenvalue weighted by molar-refractivity contribution is 0.470. The van der Waals surface area contributed by atoms with E-state index in [1.807, 2.05) is 6.07 Å². The molecule has 0 amide bonds. The average Bonchev–Trinajstić information content (AvgIpc) is 2.35. The molecule has 0 aliphatic heterocycles. The van der Waals surface area contributed by atoms with E-state index < -0.39 is 10.0 Å². The van der Waals surface area contributed by atoms with Gasteiger partial charge in [-0.25, -0.2) is 12.7 Å². The molecule has 0 aliphatic rings. The Balaban J connectivity index is 3.06. The number of hydrogen-bond acceptors (Lipinski definition) is 3. The van der Waals surface area contributed by atoms with Gasteiger partial charge in [-0.15, -0.1) is 0 Å². The lowest BCUT2D eigenvalue weighted by Gasteiger charge is -2.17. The monoisotopic (exact) mass is 330 g/mol. The number of aryl methyl sites for hydroxylation is 1. The maximum Gasteiger partial charge on any atom is 0.242 e. The van der Waals surface area contributed by atoms with Crippen molar-refractivity contribution in [2.24, 2.45) is 0 Å². The maximum atomic E-state index is 12.2. The fraction of sp³-hybridized carbons (Fsp3) is 0.417. The van der Waals surface area contributed by atoms with Crippen LogP contribution in [0.5, 0.6) is 0 Å². The minimum absolute atomic E-state index is 0.232. The highest BCUT2D eigenvalue weighted by molar-refractivity contribution is 9.09. The van der Waals surface area contributed by atoms with Crippen LogP contribution in [0.15, 0.2) is 23.1 Å². The van der Waals surface area contributed by atoms with Crippen LogP contribution in [0.25, 0.3) is 0 Å². The second kappa shape index (κ2) is 6.32. The first-order valence-electron chi connectivity index (χ1n) is 5.46. The van der Waals surface area contributed by atoms with Gasteiger partial charge < -0.3 is 0 Å². The van der Waals surface area contributed by atoms with Gasteiger partial charge in [0, 0.05) is 18.9 Å². The van der Waals surface area contributed by atoms with Crippen LogP contribution in [0.1, 0.15) is 17.5 Å². The van der Waals surface area contributed by atoms with E-state index in [4.69, 9.17) is 5.26 Å². The van der Waals surface area contributed by atoms with Gasteiger partial charge >= 0.3 is 0 Å². The van der Waals surface area contributed by atoms with Gasteiger partial charge in [-0.05, 0) is 37.1 Å². The number of benzene rings is 1. The summed E-state index contributed by atoms with van der Waals surface area (Å²) in [5, 5.41) is 9.59. The van der Waals surface area contributed by atoms with Crippen LogP contribution in [-0.4, -0.2) is 31.6 Å². The standard InChI is InChI=1S/C12H15BrN2O2S/c1-10-8-12(5-4-11(10)9-14)18(16,17)15(2)7-3-6-13/h4-5,8H,3,6-7H2,1-2H3. The molecule has 1 aromatic carbocycles. The minimum atomic E-state index is -3.46. The van der Waals surface area contributed by atoms with Gasteiger partial charge in [-0.2, -0.15) is 5.26 Å². The quantitative estimate of drug-likeness (QED) is 0.778. The van der Waals surface area contributed by atoms with Crippen LogP contribution in [0, 0.1) is 18.3 Å².